The Morgan fingerprint density at radius 1 is 1.26 bits per heavy atom. The predicted molar refractivity (Wildman–Crippen MR) is 149 cm³/mol. The van der Waals surface area contributed by atoms with Crippen LogP contribution in [0.2, 0.25) is 0 Å². The summed E-state index contributed by atoms with van der Waals surface area (Å²) in [6.07, 6.45) is 8.39. The minimum atomic E-state index is 0.131. The number of rotatable bonds is 8. The highest BCUT2D eigenvalue weighted by Crippen LogP contribution is 2.37. The standard InChI is InChI=1S/C25H27NOS.C4H9N.H2O2/c1-5-8-21-15-19(13-14-24(21)27-18(2)3)17-28-25(16-26-4)23-12-7-10-20-9-6-11-22(20)23;1-5-4-2-3-4;1-2/h7,10,12-16,18H,4,6,9,11,17H2,1-3H3;4-5H,2-3H2,1H3;1-2H/b25-16-;;. The van der Waals surface area contributed by atoms with Gasteiger partial charge in [-0.15, -0.1) is 17.7 Å². The monoisotopic (exact) mass is 494 g/mol. The van der Waals surface area contributed by atoms with Crippen molar-refractivity contribution >= 4 is 23.4 Å². The minimum absolute atomic E-state index is 0.131. The van der Waals surface area contributed by atoms with Crippen LogP contribution in [0.5, 0.6) is 5.75 Å². The molecule has 0 unspecified atom stereocenters. The SMILES string of the molecule is C=N/C=C(\SCc1ccc(OC(C)C)c(C#CC)c1)c1cccc2c1CCC2.CNC1CC1.OO. The molecule has 5 nitrogen and oxygen atoms in total. The summed E-state index contributed by atoms with van der Waals surface area (Å²) >= 11 is 1.80. The summed E-state index contributed by atoms with van der Waals surface area (Å²) in [6.45, 7) is 9.60. The Kier molecular flexibility index (Phi) is 12.6. The van der Waals surface area contributed by atoms with E-state index in [-0.39, 0.29) is 6.10 Å². The lowest BCUT2D eigenvalue weighted by Gasteiger charge is -2.14. The number of aliphatic imine (C=N–C) groups is 1. The summed E-state index contributed by atoms with van der Waals surface area (Å²) in [7, 11) is 2.01. The molecular formula is C29H38N2O3S. The summed E-state index contributed by atoms with van der Waals surface area (Å²) in [5.41, 5.74) is 6.43. The molecule has 0 spiro atoms. The van der Waals surface area contributed by atoms with E-state index in [0.717, 1.165) is 29.5 Å². The molecular weight excluding hydrogens is 456 g/mol. The molecule has 0 aromatic heterocycles. The van der Waals surface area contributed by atoms with E-state index < -0.39 is 0 Å². The second-order valence-electron chi connectivity index (χ2n) is 8.70. The maximum atomic E-state index is 6.00. The number of hydrogen-bond acceptors (Lipinski definition) is 6. The Labute approximate surface area is 214 Å². The third-order valence-corrected chi connectivity index (χ3v) is 6.78. The summed E-state index contributed by atoms with van der Waals surface area (Å²) in [6, 6.07) is 13.8. The van der Waals surface area contributed by atoms with Gasteiger partial charge in [-0.3, -0.25) is 15.5 Å². The molecule has 0 bridgehead atoms. The molecule has 2 aromatic carbocycles. The van der Waals surface area contributed by atoms with E-state index in [4.69, 9.17) is 15.3 Å². The first kappa shape index (κ1) is 28.7. The zero-order valence-electron chi connectivity index (χ0n) is 21.3. The fourth-order valence-electron chi connectivity index (χ4n) is 3.91. The van der Waals surface area contributed by atoms with Gasteiger partial charge in [0.2, 0.25) is 0 Å². The number of aryl methyl sites for hydroxylation is 1. The third kappa shape index (κ3) is 9.19. The van der Waals surface area contributed by atoms with Crippen molar-refractivity contribution in [3.8, 4) is 17.6 Å². The lowest BCUT2D eigenvalue weighted by atomic mass is 10.0. The van der Waals surface area contributed by atoms with Crippen molar-refractivity contribution in [2.45, 2.75) is 70.8 Å². The van der Waals surface area contributed by atoms with Crippen LogP contribution in [0, 0.1) is 11.8 Å². The fraction of sp³-hybridized carbons (Fsp3) is 0.414. The molecule has 1 fully saturated rings. The maximum Gasteiger partial charge on any atom is 0.135 e. The summed E-state index contributed by atoms with van der Waals surface area (Å²) in [4.78, 5) is 5.25. The first-order chi connectivity index (χ1) is 17.0. The molecule has 0 radical (unpaired) electrons. The van der Waals surface area contributed by atoms with Crippen molar-refractivity contribution in [3.63, 3.8) is 0 Å². The number of thioether (sulfide) groups is 1. The average Bonchev–Trinajstić information content (AvgIpc) is 3.59. The van der Waals surface area contributed by atoms with E-state index in [9.17, 15) is 0 Å². The second kappa shape index (κ2) is 15.4. The molecule has 2 aliphatic carbocycles. The highest BCUT2D eigenvalue weighted by Gasteiger charge is 2.18. The lowest BCUT2D eigenvalue weighted by Crippen LogP contribution is -2.07. The quantitative estimate of drug-likeness (QED) is 0.166. The molecule has 4 rings (SSSR count). The summed E-state index contributed by atoms with van der Waals surface area (Å²) in [5.74, 6) is 7.87. The van der Waals surface area contributed by atoms with Crippen molar-refractivity contribution in [2.24, 2.45) is 4.99 Å². The van der Waals surface area contributed by atoms with Gasteiger partial charge in [-0.1, -0.05) is 30.2 Å². The van der Waals surface area contributed by atoms with E-state index in [1.54, 1.807) is 11.8 Å². The molecule has 2 aliphatic rings. The third-order valence-electron chi connectivity index (χ3n) is 5.67. The predicted octanol–water partition coefficient (Wildman–Crippen LogP) is 6.65. The zero-order valence-corrected chi connectivity index (χ0v) is 22.1. The normalized spacial score (nSPS) is 14.0. The summed E-state index contributed by atoms with van der Waals surface area (Å²) in [5, 5.41) is 15.1. The van der Waals surface area contributed by atoms with Gasteiger partial charge in [-0.05, 0) is 101 Å². The summed E-state index contributed by atoms with van der Waals surface area (Å²) < 4.78 is 5.89. The van der Waals surface area contributed by atoms with Gasteiger partial charge >= 0.3 is 0 Å². The van der Waals surface area contributed by atoms with Gasteiger partial charge in [-0.25, -0.2) is 0 Å². The number of benzene rings is 2. The molecule has 0 saturated heterocycles. The fourth-order valence-corrected chi connectivity index (χ4v) is 4.90. The molecule has 0 atom stereocenters. The number of hydrogen-bond donors (Lipinski definition) is 3. The van der Waals surface area contributed by atoms with Gasteiger partial charge < -0.3 is 10.1 Å². The van der Waals surface area contributed by atoms with Crippen molar-refractivity contribution in [2.75, 3.05) is 7.05 Å². The topological polar surface area (TPSA) is 74.1 Å². The van der Waals surface area contributed by atoms with Gasteiger partial charge in [0.25, 0.3) is 0 Å². The molecule has 35 heavy (non-hydrogen) atoms. The number of nitrogens with zero attached hydrogens (tertiary/aromatic N) is 1. The number of fused-ring (bicyclic) bond motifs is 1. The molecule has 2 aromatic rings. The molecule has 1 saturated carbocycles. The van der Waals surface area contributed by atoms with E-state index in [1.165, 1.54) is 52.8 Å². The molecule has 6 heteroatoms. The Bertz CT molecular complexity index is 1050. The molecule has 0 aliphatic heterocycles. The highest BCUT2D eigenvalue weighted by atomic mass is 32.2. The Morgan fingerprint density at radius 2 is 2.03 bits per heavy atom. The first-order valence-corrected chi connectivity index (χ1v) is 13.0. The van der Waals surface area contributed by atoms with Crippen LogP contribution in [0.4, 0.5) is 0 Å². The van der Waals surface area contributed by atoms with Crippen LogP contribution in [0.25, 0.3) is 4.91 Å². The zero-order chi connectivity index (χ0) is 25.6. The lowest BCUT2D eigenvalue weighted by molar-refractivity contribution is -0.176. The van der Waals surface area contributed by atoms with Crippen LogP contribution in [-0.2, 0) is 18.6 Å². The van der Waals surface area contributed by atoms with Crippen molar-refractivity contribution < 1.29 is 15.3 Å². The van der Waals surface area contributed by atoms with Gasteiger partial charge in [0.1, 0.15) is 5.75 Å². The van der Waals surface area contributed by atoms with Crippen molar-refractivity contribution in [1.82, 2.24) is 5.32 Å². The van der Waals surface area contributed by atoms with Crippen LogP contribution >= 0.6 is 11.8 Å². The van der Waals surface area contributed by atoms with Gasteiger partial charge in [0, 0.05) is 22.9 Å². The Hall–Kier alpha value is -2.56. The molecule has 0 heterocycles. The van der Waals surface area contributed by atoms with Crippen LogP contribution in [0.15, 0.2) is 47.6 Å². The van der Waals surface area contributed by atoms with E-state index in [0.29, 0.717) is 0 Å². The maximum absolute atomic E-state index is 6.00. The number of nitrogens with one attached hydrogen (secondary N) is 1. The van der Waals surface area contributed by atoms with Crippen LogP contribution in [0.3, 0.4) is 0 Å². The van der Waals surface area contributed by atoms with Gasteiger partial charge in [0.05, 0.1) is 11.7 Å². The minimum Gasteiger partial charge on any atom is -0.490 e. The Balaban J connectivity index is 0.000000538. The second-order valence-corrected chi connectivity index (χ2v) is 9.71. The van der Waals surface area contributed by atoms with E-state index in [2.05, 4.69) is 59.2 Å². The van der Waals surface area contributed by atoms with Crippen LogP contribution < -0.4 is 10.1 Å². The average molecular weight is 495 g/mol. The van der Waals surface area contributed by atoms with E-state index in [1.807, 2.05) is 40.1 Å². The molecule has 0 amide bonds. The number of ether oxygens (including phenoxy) is 1. The Morgan fingerprint density at radius 3 is 2.63 bits per heavy atom. The van der Waals surface area contributed by atoms with Crippen LogP contribution in [0.1, 0.15) is 67.9 Å². The van der Waals surface area contributed by atoms with Gasteiger partial charge in [0.15, 0.2) is 0 Å². The molecule has 188 valence electrons. The van der Waals surface area contributed by atoms with Gasteiger partial charge in [-0.2, -0.15) is 0 Å². The largest absolute Gasteiger partial charge is 0.490 e. The van der Waals surface area contributed by atoms with Crippen molar-refractivity contribution in [3.05, 3.63) is 70.4 Å². The van der Waals surface area contributed by atoms with E-state index >= 15 is 0 Å². The smallest absolute Gasteiger partial charge is 0.135 e. The first-order valence-electron chi connectivity index (χ1n) is 12.0. The molecule has 3 N–H and O–H groups in total. The highest BCUT2D eigenvalue weighted by molar-refractivity contribution is 8.07. The van der Waals surface area contributed by atoms with Crippen LogP contribution in [-0.4, -0.2) is 36.4 Å². The van der Waals surface area contributed by atoms with Crippen molar-refractivity contribution in [1.29, 1.82) is 0 Å².